The molecule has 3 aromatic carbocycles. The third kappa shape index (κ3) is 5.55. The van der Waals surface area contributed by atoms with Gasteiger partial charge in [0.1, 0.15) is 6.61 Å². The molecule has 0 atom stereocenters. The Morgan fingerprint density at radius 2 is 1.61 bits per heavy atom. The minimum Gasteiger partial charge on any atom is -0.493 e. The summed E-state index contributed by atoms with van der Waals surface area (Å²) in [4.78, 5) is 27.6. The van der Waals surface area contributed by atoms with E-state index >= 15 is 0 Å². The molecule has 170 valence electrons. The van der Waals surface area contributed by atoms with Crippen LogP contribution in [0.15, 0.2) is 72.8 Å². The SMILES string of the molecule is COc1cc(C(=O)N2CCC(C(=O)c3ccccc3)CC2)ccc1OCc1ccc(Cl)cc1. The summed E-state index contributed by atoms with van der Waals surface area (Å²) in [7, 11) is 1.55. The van der Waals surface area contributed by atoms with Crippen molar-refractivity contribution in [2.24, 2.45) is 5.92 Å². The van der Waals surface area contributed by atoms with Crippen molar-refractivity contribution in [1.29, 1.82) is 0 Å². The number of nitrogens with zero attached hydrogens (tertiary/aromatic N) is 1. The smallest absolute Gasteiger partial charge is 0.253 e. The van der Waals surface area contributed by atoms with Gasteiger partial charge in [0.15, 0.2) is 17.3 Å². The molecule has 5 nitrogen and oxygen atoms in total. The first kappa shape index (κ1) is 22.9. The average Bonchev–Trinajstić information content (AvgIpc) is 2.88. The molecule has 0 aliphatic carbocycles. The molecule has 6 heteroatoms. The predicted molar refractivity (Wildman–Crippen MR) is 128 cm³/mol. The highest BCUT2D eigenvalue weighted by molar-refractivity contribution is 6.30. The summed E-state index contributed by atoms with van der Waals surface area (Å²) in [6, 6.07) is 22.0. The number of carbonyl (C=O) groups is 2. The van der Waals surface area contributed by atoms with Crippen LogP contribution in [0.4, 0.5) is 0 Å². The lowest BCUT2D eigenvalue weighted by atomic mass is 9.88. The Hall–Kier alpha value is -3.31. The van der Waals surface area contributed by atoms with Crippen molar-refractivity contribution in [3.05, 3.63) is 94.5 Å². The molecular weight excluding hydrogens is 438 g/mol. The van der Waals surface area contributed by atoms with Gasteiger partial charge in [0.25, 0.3) is 5.91 Å². The molecule has 0 radical (unpaired) electrons. The normalized spacial score (nSPS) is 14.1. The Morgan fingerprint density at radius 3 is 2.27 bits per heavy atom. The first-order valence-corrected chi connectivity index (χ1v) is 11.4. The number of ketones is 1. The number of methoxy groups -OCH3 is 1. The largest absolute Gasteiger partial charge is 0.493 e. The minimum absolute atomic E-state index is 0.0466. The maximum Gasteiger partial charge on any atom is 0.253 e. The second-order valence-electron chi connectivity index (χ2n) is 8.08. The lowest BCUT2D eigenvalue weighted by Gasteiger charge is -2.31. The number of amides is 1. The molecule has 3 aromatic rings. The Labute approximate surface area is 198 Å². The van der Waals surface area contributed by atoms with Gasteiger partial charge in [-0.15, -0.1) is 0 Å². The van der Waals surface area contributed by atoms with Gasteiger partial charge in [-0.25, -0.2) is 0 Å². The Bertz CT molecular complexity index is 1110. The monoisotopic (exact) mass is 463 g/mol. The number of carbonyl (C=O) groups excluding carboxylic acids is 2. The number of Topliss-reactive ketones (excluding diaryl/α,β-unsaturated/α-hetero) is 1. The molecule has 1 heterocycles. The fourth-order valence-electron chi connectivity index (χ4n) is 4.03. The lowest BCUT2D eigenvalue weighted by molar-refractivity contribution is 0.0650. The van der Waals surface area contributed by atoms with Gasteiger partial charge in [-0.3, -0.25) is 9.59 Å². The van der Waals surface area contributed by atoms with Crippen molar-refractivity contribution in [2.75, 3.05) is 20.2 Å². The molecule has 0 saturated carbocycles. The third-order valence-electron chi connectivity index (χ3n) is 5.93. The van der Waals surface area contributed by atoms with Crippen LogP contribution in [0.25, 0.3) is 0 Å². The fourth-order valence-corrected chi connectivity index (χ4v) is 4.15. The fraction of sp³-hybridized carbons (Fsp3) is 0.259. The van der Waals surface area contributed by atoms with E-state index in [9.17, 15) is 9.59 Å². The Kier molecular flexibility index (Phi) is 7.30. The first-order chi connectivity index (χ1) is 16.0. The van der Waals surface area contributed by atoms with E-state index in [1.54, 1.807) is 30.2 Å². The Morgan fingerprint density at radius 1 is 0.909 bits per heavy atom. The molecule has 1 saturated heterocycles. The third-order valence-corrected chi connectivity index (χ3v) is 6.18. The highest BCUT2D eigenvalue weighted by atomic mass is 35.5. The van der Waals surface area contributed by atoms with Crippen molar-refractivity contribution in [1.82, 2.24) is 4.90 Å². The molecule has 0 spiro atoms. The quantitative estimate of drug-likeness (QED) is 0.424. The van der Waals surface area contributed by atoms with Crippen LogP contribution in [0.1, 0.15) is 39.1 Å². The number of benzene rings is 3. The molecule has 0 N–H and O–H groups in total. The summed E-state index contributed by atoms with van der Waals surface area (Å²) in [5.74, 6) is 1.12. The minimum atomic E-state index is -0.0665. The van der Waals surface area contributed by atoms with Gasteiger partial charge < -0.3 is 14.4 Å². The standard InChI is InChI=1S/C27H26ClNO4/c1-32-25-17-22(9-12-24(25)33-18-19-7-10-23(28)11-8-19)27(31)29-15-13-21(14-16-29)26(30)20-5-3-2-4-6-20/h2-12,17,21H,13-16,18H2,1H3. The zero-order chi connectivity index (χ0) is 23.2. The van der Waals surface area contributed by atoms with E-state index in [-0.39, 0.29) is 17.6 Å². The van der Waals surface area contributed by atoms with Crippen molar-refractivity contribution in [2.45, 2.75) is 19.4 Å². The second-order valence-corrected chi connectivity index (χ2v) is 8.51. The van der Waals surface area contributed by atoms with Gasteiger partial charge in [-0.1, -0.05) is 54.1 Å². The maximum atomic E-state index is 13.1. The predicted octanol–water partition coefficient (Wildman–Crippen LogP) is 5.66. The molecule has 0 aromatic heterocycles. The van der Waals surface area contributed by atoms with Crippen LogP contribution < -0.4 is 9.47 Å². The van der Waals surface area contributed by atoms with Gasteiger partial charge in [0.05, 0.1) is 7.11 Å². The molecule has 4 rings (SSSR count). The van der Waals surface area contributed by atoms with E-state index in [0.29, 0.717) is 54.6 Å². The van der Waals surface area contributed by atoms with E-state index in [2.05, 4.69) is 0 Å². The van der Waals surface area contributed by atoms with Crippen LogP contribution in [0.2, 0.25) is 5.02 Å². The number of hydrogen-bond donors (Lipinski definition) is 0. The van der Waals surface area contributed by atoms with Crippen molar-refractivity contribution >= 4 is 23.3 Å². The van der Waals surface area contributed by atoms with Gasteiger partial charge in [-0.2, -0.15) is 0 Å². The zero-order valence-electron chi connectivity index (χ0n) is 18.5. The Balaban J connectivity index is 1.37. The molecule has 33 heavy (non-hydrogen) atoms. The maximum absolute atomic E-state index is 13.1. The summed E-state index contributed by atoms with van der Waals surface area (Å²) in [6.45, 7) is 1.47. The van der Waals surface area contributed by atoms with Crippen LogP contribution in [0.3, 0.4) is 0 Å². The molecule has 1 fully saturated rings. The number of piperidine rings is 1. The summed E-state index contributed by atoms with van der Waals surface area (Å²) in [5.41, 5.74) is 2.26. The van der Waals surface area contributed by atoms with E-state index in [0.717, 1.165) is 11.1 Å². The highest BCUT2D eigenvalue weighted by Gasteiger charge is 2.28. The van der Waals surface area contributed by atoms with Crippen molar-refractivity contribution in [3.63, 3.8) is 0 Å². The summed E-state index contributed by atoms with van der Waals surface area (Å²) < 4.78 is 11.4. The van der Waals surface area contributed by atoms with Crippen LogP contribution in [-0.2, 0) is 6.61 Å². The summed E-state index contributed by atoms with van der Waals surface area (Å²) in [5, 5.41) is 0.674. The number of hydrogen-bond acceptors (Lipinski definition) is 4. The topological polar surface area (TPSA) is 55.8 Å². The zero-order valence-corrected chi connectivity index (χ0v) is 19.3. The van der Waals surface area contributed by atoms with E-state index in [1.807, 2.05) is 54.6 Å². The van der Waals surface area contributed by atoms with Gasteiger partial charge in [0.2, 0.25) is 0 Å². The van der Waals surface area contributed by atoms with E-state index < -0.39 is 0 Å². The molecular formula is C27H26ClNO4. The van der Waals surface area contributed by atoms with Crippen LogP contribution in [0, 0.1) is 5.92 Å². The van der Waals surface area contributed by atoms with Crippen LogP contribution >= 0.6 is 11.6 Å². The number of likely N-dealkylation sites (tertiary alicyclic amines) is 1. The first-order valence-electron chi connectivity index (χ1n) is 11.0. The van der Waals surface area contributed by atoms with Crippen LogP contribution in [-0.4, -0.2) is 36.8 Å². The van der Waals surface area contributed by atoms with Crippen molar-refractivity contribution in [3.8, 4) is 11.5 Å². The molecule has 1 aliphatic heterocycles. The number of ether oxygens (including phenoxy) is 2. The number of rotatable bonds is 7. The summed E-state index contributed by atoms with van der Waals surface area (Å²) >= 11 is 5.93. The van der Waals surface area contributed by atoms with Gasteiger partial charge >= 0.3 is 0 Å². The van der Waals surface area contributed by atoms with Crippen LogP contribution in [0.5, 0.6) is 11.5 Å². The summed E-state index contributed by atoms with van der Waals surface area (Å²) in [6.07, 6.45) is 1.33. The number of halogens is 1. The van der Waals surface area contributed by atoms with Gasteiger partial charge in [0, 0.05) is 35.2 Å². The second kappa shape index (κ2) is 10.5. The van der Waals surface area contributed by atoms with E-state index in [4.69, 9.17) is 21.1 Å². The average molecular weight is 464 g/mol. The van der Waals surface area contributed by atoms with Gasteiger partial charge in [-0.05, 0) is 48.7 Å². The van der Waals surface area contributed by atoms with Crippen molar-refractivity contribution < 1.29 is 19.1 Å². The van der Waals surface area contributed by atoms with E-state index in [1.165, 1.54) is 0 Å². The lowest BCUT2D eigenvalue weighted by Crippen LogP contribution is -2.40. The highest BCUT2D eigenvalue weighted by Crippen LogP contribution is 2.30. The molecule has 1 amide bonds. The molecule has 0 bridgehead atoms. The molecule has 0 unspecified atom stereocenters. The molecule has 1 aliphatic rings.